The van der Waals surface area contributed by atoms with Crippen LogP contribution < -0.4 is 5.32 Å². The number of aryl methyl sites for hydroxylation is 1. The van der Waals surface area contributed by atoms with Gasteiger partial charge in [0.1, 0.15) is 0 Å². The molecule has 2 rings (SSSR count). The minimum atomic E-state index is -3.27. The first kappa shape index (κ1) is 26.1. The maximum atomic E-state index is 12.5. The predicted octanol–water partition coefficient (Wildman–Crippen LogP) is 1.23. The Bertz CT molecular complexity index is 688. The Morgan fingerprint density at radius 3 is 2.59 bits per heavy atom. The first-order valence-electron chi connectivity index (χ1n) is 10.0. The molecule has 0 unspecified atom stereocenters. The van der Waals surface area contributed by atoms with Gasteiger partial charge in [-0.3, -0.25) is 9.67 Å². The zero-order valence-electron chi connectivity index (χ0n) is 17.7. The number of aliphatic imine (C=N–C) groups is 1. The lowest BCUT2D eigenvalue weighted by Gasteiger charge is -2.36. The Hall–Kier alpha value is -0.920. The fourth-order valence-corrected chi connectivity index (χ4v) is 4.26. The van der Waals surface area contributed by atoms with Crippen LogP contribution in [0.25, 0.3) is 0 Å². The molecule has 0 spiro atoms. The van der Waals surface area contributed by atoms with E-state index >= 15 is 0 Å². The minimum Gasteiger partial charge on any atom is -0.378 e. The molecule has 0 saturated carbocycles. The van der Waals surface area contributed by atoms with Crippen LogP contribution in [0.1, 0.15) is 27.2 Å². The number of aromatic nitrogens is 2. The Balaban J connectivity index is 0.00000420. The summed E-state index contributed by atoms with van der Waals surface area (Å²) in [5, 5.41) is 7.50. The van der Waals surface area contributed by atoms with Gasteiger partial charge in [0.05, 0.1) is 18.5 Å². The SMILES string of the molecule is CCNC(=NCCCn1cccn1)N1CCN(S(=O)(=O)CCOC(C)C)CC1.I. The molecule has 1 fully saturated rings. The molecule has 1 saturated heterocycles. The van der Waals surface area contributed by atoms with Crippen LogP contribution >= 0.6 is 24.0 Å². The number of rotatable bonds is 10. The van der Waals surface area contributed by atoms with Crippen LogP contribution in [0.3, 0.4) is 0 Å². The van der Waals surface area contributed by atoms with E-state index in [9.17, 15) is 8.42 Å². The van der Waals surface area contributed by atoms with Gasteiger partial charge in [-0.2, -0.15) is 9.40 Å². The lowest BCUT2D eigenvalue weighted by molar-refractivity contribution is 0.0904. The Morgan fingerprint density at radius 1 is 1.28 bits per heavy atom. The van der Waals surface area contributed by atoms with Crippen LogP contribution in [0.2, 0.25) is 0 Å². The molecular weight excluding hydrogens is 507 g/mol. The zero-order chi connectivity index (χ0) is 20.4. The first-order valence-corrected chi connectivity index (χ1v) is 11.6. The number of hydrogen-bond acceptors (Lipinski definition) is 5. The van der Waals surface area contributed by atoms with Gasteiger partial charge in [0.25, 0.3) is 0 Å². The summed E-state index contributed by atoms with van der Waals surface area (Å²) in [6, 6.07) is 1.91. The standard InChI is InChI=1S/C18H34N6O3S.HI/c1-4-19-18(20-7-5-9-23-10-6-8-21-23)22-11-13-24(14-12-22)28(25,26)16-15-27-17(2)3;/h6,8,10,17H,4-5,7,9,11-16H2,1-3H3,(H,19,20);1H. The van der Waals surface area contributed by atoms with Crippen LogP contribution in [-0.4, -0.2) is 91.1 Å². The molecule has 0 bridgehead atoms. The summed E-state index contributed by atoms with van der Waals surface area (Å²) in [5.41, 5.74) is 0. The summed E-state index contributed by atoms with van der Waals surface area (Å²) in [5.74, 6) is 0.885. The van der Waals surface area contributed by atoms with Crippen LogP contribution in [0.15, 0.2) is 23.5 Å². The maximum absolute atomic E-state index is 12.5. The van der Waals surface area contributed by atoms with Gasteiger partial charge < -0.3 is 15.0 Å². The van der Waals surface area contributed by atoms with Gasteiger partial charge >= 0.3 is 0 Å². The van der Waals surface area contributed by atoms with E-state index in [0.717, 1.165) is 25.5 Å². The van der Waals surface area contributed by atoms with E-state index in [1.54, 1.807) is 10.5 Å². The third kappa shape index (κ3) is 9.18. The summed E-state index contributed by atoms with van der Waals surface area (Å²) < 4.78 is 33.8. The highest BCUT2D eigenvalue weighted by Gasteiger charge is 2.27. The van der Waals surface area contributed by atoms with Crippen molar-refractivity contribution in [1.29, 1.82) is 0 Å². The summed E-state index contributed by atoms with van der Waals surface area (Å²) in [6.45, 7) is 10.6. The molecule has 29 heavy (non-hydrogen) atoms. The van der Waals surface area contributed by atoms with Gasteiger partial charge in [0.15, 0.2) is 5.96 Å². The molecule has 1 aliphatic rings. The maximum Gasteiger partial charge on any atom is 0.216 e. The molecule has 1 aromatic heterocycles. The highest BCUT2D eigenvalue weighted by molar-refractivity contribution is 14.0. The molecule has 1 aromatic rings. The third-order valence-corrected chi connectivity index (χ3v) is 6.26. The van der Waals surface area contributed by atoms with Crippen molar-refractivity contribution in [2.75, 3.05) is 51.6 Å². The van der Waals surface area contributed by atoms with Gasteiger partial charge in [-0.15, -0.1) is 24.0 Å². The number of nitrogens with zero attached hydrogens (tertiary/aromatic N) is 5. The second-order valence-corrected chi connectivity index (χ2v) is 9.07. The molecule has 168 valence electrons. The molecule has 11 heteroatoms. The van der Waals surface area contributed by atoms with Gasteiger partial charge in [-0.25, -0.2) is 8.42 Å². The van der Waals surface area contributed by atoms with Crippen molar-refractivity contribution in [3.63, 3.8) is 0 Å². The molecule has 0 atom stereocenters. The van der Waals surface area contributed by atoms with Crippen LogP contribution in [-0.2, 0) is 21.3 Å². The molecular formula is C18H35IN6O3S. The number of sulfonamides is 1. The van der Waals surface area contributed by atoms with Crippen molar-refractivity contribution in [2.45, 2.75) is 39.8 Å². The van der Waals surface area contributed by atoms with E-state index in [4.69, 9.17) is 9.73 Å². The highest BCUT2D eigenvalue weighted by Crippen LogP contribution is 2.09. The second kappa shape index (κ2) is 13.4. The molecule has 1 N–H and O–H groups in total. The monoisotopic (exact) mass is 542 g/mol. The molecule has 0 radical (unpaired) electrons. The summed E-state index contributed by atoms with van der Waals surface area (Å²) in [4.78, 5) is 6.83. The molecule has 9 nitrogen and oxygen atoms in total. The number of ether oxygens (including phenoxy) is 1. The second-order valence-electron chi connectivity index (χ2n) is 6.98. The van der Waals surface area contributed by atoms with E-state index < -0.39 is 10.0 Å². The van der Waals surface area contributed by atoms with E-state index in [1.165, 1.54) is 0 Å². The molecule has 0 amide bonds. The first-order chi connectivity index (χ1) is 13.4. The van der Waals surface area contributed by atoms with Gasteiger partial charge in [-0.05, 0) is 33.3 Å². The van der Waals surface area contributed by atoms with E-state index in [1.807, 2.05) is 37.7 Å². The number of piperazine rings is 1. The Labute approximate surface area is 191 Å². The number of hydrogen-bond donors (Lipinski definition) is 1. The van der Waals surface area contributed by atoms with Gasteiger partial charge in [-0.1, -0.05) is 0 Å². The zero-order valence-corrected chi connectivity index (χ0v) is 20.8. The van der Waals surface area contributed by atoms with Gasteiger partial charge in [0, 0.05) is 58.2 Å². The lowest BCUT2D eigenvalue weighted by Crippen LogP contribution is -2.54. The Morgan fingerprint density at radius 2 is 2.00 bits per heavy atom. The van der Waals surface area contributed by atoms with Crippen molar-refractivity contribution < 1.29 is 13.2 Å². The normalized spacial score (nSPS) is 16.1. The number of guanidine groups is 1. The van der Waals surface area contributed by atoms with Crippen molar-refractivity contribution in [3.05, 3.63) is 18.5 Å². The Kier molecular flexibility index (Phi) is 12.1. The molecule has 1 aliphatic heterocycles. The molecule has 2 heterocycles. The highest BCUT2D eigenvalue weighted by atomic mass is 127. The van der Waals surface area contributed by atoms with E-state index in [-0.39, 0.29) is 42.4 Å². The van der Waals surface area contributed by atoms with Crippen LogP contribution in [0, 0.1) is 0 Å². The third-order valence-electron chi connectivity index (χ3n) is 4.43. The quantitative estimate of drug-likeness (QED) is 0.207. The lowest BCUT2D eigenvalue weighted by atomic mass is 10.4. The van der Waals surface area contributed by atoms with Crippen LogP contribution in [0.4, 0.5) is 0 Å². The van der Waals surface area contributed by atoms with Crippen LogP contribution in [0.5, 0.6) is 0 Å². The van der Waals surface area contributed by atoms with Crippen molar-refractivity contribution >= 4 is 40.0 Å². The summed E-state index contributed by atoms with van der Waals surface area (Å²) in [6.07, 6.45) is 4.66. The van der Waals surface area contributed by atoms with Gasteiger partial charge in [0.2, 0.25) is 10.0 Å². The molecule has 0 aliphatic carbocycles. The molecule has 0 aromatic carbocycles. The smallest absolute Gasteiger partial charge is 0.216 e. The van der Waals surface area contributed by atoms with Crippen molar-refractivity contribution in [1.82, 2.24) is 24.3 Å². The topological polar surface area (TPSA) is 92.1 Å². The average molecular weight is 542 g/mol. The minimum absolute atomic E-state index is 0. The largest absolute Gasteiger partial charge is 0.378 e. The number of halogens is 1. The predicted molar refractivity (Wildman–Crippen MR) is 126 cm³/mol. The van der Waals surface area contributed by atoms with Crippen molar-refractivity contribution in [2.24, 2.45) is 4.99 Å². The summed E-state index contributed by atoms with van der Waals surface area (Å²) >= 11 is 0. The fraction of sp³-hybridized carbons (Fsp3) is 0.778. The average Bonchev–Trinajstić information content (AvgIpc) is 3.17. The van der Waals surface area contributed by atoms with E-state index in [0.29, 0.717) is 32.7 Å². The number of nitrogens with one attached hydrogen (secondary N) is 1. The van der Waals surface area contributed by atoms with E-state index in [2.05, 4.69) is 15.3 Å². The van der Waals surface area contributed by atoms with Crippen molar-refractivity contribution in [3.8, 4) is 0 Å². The summed E-state index contributed by atoms with van der Waals surface area (Å²) in [7, 11) is -3.27. The fourth-order valence-electron chi connectivity index (χ4n) is 2.97.